The van der Waals surface area contributed by atoms with Crippen LogP contribution >= 0.6 is 0 Å². The average molecular weight is 427 g/mol. The average Bonchev–Trinajstić information content (AvgIpc) is 3.10. The van der Waals surface area contributed by atoms with Crippen molar-refractivity contribution in [2.75, 3.05) is 18.9 Å². The molecule has 0 aliphatic rings. The second kappa shape index (κ2) is 11.5. The Kier molecular flexibility index (Phi) is 9.09. The summed E-state index contributed by atoms with van der Waals surface area (Å²) in [5, 5.41) is 11.0. The van der Waals surface area contributed by atoms with E-state index in [0.29, 0.717) is 12.5 Å². The number of carbonyl (C=O) groups is 1. The number of amides is 1. The van der Waals surface area contributed by atoms with Crippen molar-refractivity contribution in [1.29, 1.82) is 0 Å². The number of anilines is 1. The lowest BCUT2D eigenvalue weighted by Crippen LogP contribution is -2.38. The fourth-order valence-electron chi connectivity index (χ4n) is 3.33. The van der Waals surface area contributed by atoms with E-state index in [1.54, 1.807) is 0 Å². The Hall–Kier alpha value is -2.83. The highest BCUT2D eigenvalue weighted by Gasteiger charge is 2.15. The first-order valence-corrected chi connectivity index (χ1v) is 11.2. The van der Waals surface area contributed by atoms with E-state index in [9.17, 15) is 4.79 Å². The lowest BCUT2D eigenvalue weighted by atomic mass is 10.1. The molecular formula is C24H38N6O. The van der Waals surface area contributed by atoms with Gasteiger partial charge >= 0.3 is 0 Å². The molecule has 1 aromatic carbocycles. The Morgan fingerprint density at radius 3 is 2.65 bits per heavy atom. The van der Waals surface area contributed by atoms with Crippen molar-refractivity contribution in [3.63, 3.8) is 0 Å². The molecule has 1 amide bonds. The van der Waals surface area contributed by atoms with Crippen molar-refractivity contribution >= 4 is 17.6 Å². The number of rotatable bonds is 9. The van der Waals surface area contributed by atoms with E-state index >= 15 is 0 Å². The van der Waals surface area contributed by atoms with Crippen LogP contribution in [0.1, 0.15) is 63.8 Å². The monoisotopic (exact) mass is 426 g/mol. The third-order valence-electron chi connectivity index (χ3n) is 5.25. The highest BCUT2D eigenvalue weighted by atomic mass is 16.1. The van der Waals surface area contributed by atoms with Crippen molar-refractivity contribution in [1.82, 2.24) is 20.0 Å². The lowest BCUT2D eigenvalue weighted by molar-refractivity contribution is -0.119. The number of hydrogen-bond donors (Lipinski definition) is 2. The third kappa shape index (κ3) is 7.12. The molecule has 170 valence electrons. The molecular weight excluding hydrogens is 388 g/mol. The van der Waals surface area contributed by atoms with E-state index in [4.69, 9.17) is 4.99 Å². The summed E-state index contributed by atoms with van der Waals surface area (Å²) in [7, 11) is 4.00. The van der Waals surface area contributed by atoms with E-state index in [-0.39, 0.29) is 11.8 Å². The summed E-state index contributed by atoms with van der Waals surface area (Å²) in [4.78, 5) is 19.1. The molecule has 7 heteroatoms. The van der Waals surface area contributed by atoms with Crippen LogP contribution in [-0.2, 0) is 24.9 Å². The van der Waals surface area contributed by atoms with Gasteiger partial charge in [0.2, 0.25) is 5.91 Å². The number of guanidine groups is 1. The Bertz CT molecular complexity index is 886. The van der Waals surface area contributed by atoms with E-state index in [1.165, 1.54) is 5.56 Å². The maximum absolute atomic E-state index is 12.2. The van der Waals surface area contributed by atoms with Gasteiger partial charge in [-0.1, -0.05) is 39.8 Å². The van der Waals surface area contributed by atoms with Crippen LogP contribution in [0.2, 0.25) is 0 Å². The molecule has 0 radical (unpaired) electrons. The fourth-order valence-corrected chi connectivity index (χ4v) is 3.33. The van der Waals surface area contributed by atoms with Gasteiger partial charge in [0.15, 0.2) is 5.96 Å². The molecule has 0 aliphatic heterocycles. The van der Waals surface area contributed by atoms with E-state index in [0.717, 1.165) is 42.4 Å². The zero-order chi connectivity index (χ0) is 23.0. The molecule has 1 atom stereocenters. The first-order valence-electron chi connectivity index (χ1n) is 11.2. The second-order valence-corrected chi connectivity index (χ2v) is 8.39. The van der Waals surface area contributed by atoms with Crippen molar-refractivity contribution in [3.8, 4) is 0 Å². The first kappa shape index (κ1) is 24.4. The van der Waals surface area contributed by atoms with Crippen LogP contribution in [0.15, 0.2) is 35.5 Å². The standard InChI is InChI=1S/C24H38N6O/c1-8-18(5)23(31)27-21-12-10-11-19(13-21)14-26-24(25-9-2)29(6)15-20-16-30(7)28-22(20)17(3)4/h10-13,16-18H,8-9,14-15H2,1-7H3,(H,25,26)(H,27,31). The molecule has 7 nitrogen and oxygen atoms in total. The maximum atomic E-state index is 12.2. The summed E-state index contributed by atoms with van der Waals surface area (Å²) < 4.78 is 1.88. The number of nitrogens with one attached hydrogen (secondary N) is 2. The van der Waals surface area contributed by atoms with Gasteiger partial charge in [0, 0.05) is 50.6 Å². The van der Waals surface area contributed by atoms with Gasteiger partial charge in [0.05, 0.1) is 12.2 Å². The molecule has 0 saturated heterocycles. The minimum Gasteiger partial charge on any atom is -0.357 e. The third-order valence-corrected chi connectivity index (χ3v) is 5.25. The van der Waals surface area contributed by atoms with Gasteiger partial charge in [0.1, 0.15) is 0 Å². The number of hydrogen-bond acceptors (Lipinski definition) is 3. The van der Waals surface area contributed by atoms with Crippen LogP contribution in [0.3, 0.4) is 0 Å². The molecule has 31 heavy (non-hydrogen) atoms. The van der Waals surface area contributed by atoms with E-state index < -0.39 is 0 Å². The minimum atomic E-state index is -0.00103. The molecule has 0 spiro atoms. The zero-order valence-electron chi connectivity index (χ0n) is 20.1. The van der Waals surface area contributed by atoms with Gasteiger partial charge in [-0.25, -0.2) is 4.99 Å². The molecule has 1 unspecified atom stereocenters. The van der Waals surface area contributed by atoms with Gasteiger partial charge in [-0.15, -0.1) is 0 Å². The van der Waals surface area contributed by atoms with Crippen LogP contribution in [0.5, 0.6) is 0 Å². The van der Waals surface area contributed by atoms with Gasteiger partial charge in [0.25, 0.3) is 0 Å². The molecule has 0 aliphatic carbocycles. The van der Waals surface area contributed by atoms with Gasteiger partial charge in [-0.2, -0.15) is 5.10 Å². The number of carbonyl (C=O) groups excluding carboxylic acids is 1. The number of benzene rings is 1. The van der Waals surface area contributed by atoms with Crippen LogP contribution in [0.25, 0.3) is 0 Å². The first-order chi connectivity index (χ1) is 14.7. The topological polar surface area (TPSA) is 74.6 Å². The minimum absolute atomic E-state index is 0.00103. The molecule has 0 fully saturated rings. The quantitative estimate of drug-likeness (QED) is 0.467. The normalized spacial score (nSPS) is 12.7. The number of aromatic nitrogens is 2. The summed E-state index contributed by atoms with van der Waals surface area (Å²) in [6.07, 6.45) is 2.91. The van der Waals surface area contributed by atoms with E-state index in [2.05, 4.69) is 47.6 Å². The smallest absolute Gasteiger partial charge is 0.227 e. The summed E-state index contributed by atoms with van der Waals surface area (Å²) in [5.74, 6) is 1.26. The SMILES string of the molecule is CCNC(=NCc1cccc(NC(=O)C(C)CC)c1)N(C)Cc1cn(C)nc1C(C)C. The van der Waals surface area contributed by atoms with Crippen LogP contribution in [-0.4, -0.2) is 40.1 Å². The highest BCUT2D eigenvalue weighted by molar-refractivity contribution is 5.92. The second-order valence-electron chi connectivity index (χ2n) is 8.39. The molecule has 1 heterocycles. The summed E-state index contributed by atoms with van der Waals surface area (Å²) in [6.45, 7) is 12.4. The summed E-state index contributed by atoms with van der Waals surface area (Å²) >= 11 is 0. The molecule has 2 N–H and O–H groups in total. The number of aryl methyl sites for hydroxylation is 1. The summed E-state index contributed by atoms with van der Waals surface area (Å²) in [5.41, 5.74) is 4.19. The number of nitrogens with zero attached hydrogens (tertiary/aromatic N) is 4. The van der Waals surface area contributed by atoms with Gasteiger partial charge in [-0.3, -0.25) is 9.48 Å². The summed E-state index contributed by atoms with van der Waals surface area (Å²) in [6, 6.07) is 7.90. The Morgan fingerprint density at radius 1 is 1.26 bits per heavy atom. The Labute approximate surface area is 186 Å². The maximum Gasteiger partial charge on any atom is 0.227 e. The Morgan fingerprint density at radius 2 is 2.00 bits per heavy atom. The van der Waals surface area contributed by atoms with Crippen molar-refractivity contribution in [3.05, 3.63) is 47.3 Å². The van der Waals surface area contributed by atoms with Crippen LogP contribution < -0.4 is 10.6 Å². The lowest BCUT2D eigenvalue weighted by Gasteiger charge is -2.22. The molecule has 0 saturated carbocycles. The van der Waals surface area contributed by atoms with Crippen molar-refractivity contribution < 1.29 is 4.79 Å². The molecule has 2 rings (SSSR count). The van der Waals surface area contributed by atoms with Crippen molar-refractivity contribution in [2.24, 2.45) is 18.0 Å². The van der Waals surface area contributed by atoms with Crippen LogP contribution in [0.4, 0.5) is 5.69 Å². The van der Waals surface area contributed by atoms with Gasteiger partial charge in [-0.05, 0) is 37.0 Å². The predicted octanol–water partition coefficient (Wildman–Crippen LogP) is 4.13. The fraction of sp³-hybridized carbons (Fsp3) is 0.542. The zero-order valence-corrected chi connectivity index (χ0v) is 20.1. The van der Waals surface area contributed by atoms with Crippen molar-refractivity contribution in [2.45, 2.75) is 60.0 Å². The molecule has 1 aromatic heterocycles. The Balaban J connectivity index is 2.12. The predicted molar refractivity (Wildman–Crippen MR) is 128 cm³/mol. The largest absolute Gasteiger partial charge is 0.357 e. The number of aliphatic imine (C=N–C) groups is 1. The van der Waals surface area contributed by atoms with Gasteiger partial charge < -0.3 is 15.5 Å². The highest BCUT2D eigenvalue weighted by Crippen LogP contribution is 2.19. The molecule has 0 bridgehead atoms. The van der Waals surface area contributed by atoms with E-state index in [1.807, 2.05) is 56.9 Å². The molecule has 2 aromatic rings. The van der Waals surface area contributed by atoms with Crippen LogP contribution in [0, 0.1) is 5.92 Å².